The number of aliphatic hydroxyl groups is 1. The van der Waals surface area contributed by atoms with Gasteiger partial charge < -0.3 is 10.4 Å². The molecule has 2 aromatic heterocycles. The SMILES string of the molecule is O=C(Cc1csc(-c2ccccn2)n1)NC1CC(O)C1. The summed E-state index contributed by atoms with van der Waals surface area (Å²) in [7, 11) is 0. The predicted octanol–water partition coefficient (Wildman–Crippen LogP) is 1.39. The Kier molecular flexibility index (Phi) is 3.75. The number of carbonyl (C=O) groups excluding carboxylic acids is 1. The molecule has 0 radical (unpaired) electrons. The van der Waals surface area contributed by atoms with Gasteiger partial charge in [-0.15, -0.1) is 11.3 Å². The highest BCUT2D eigenvalue weighted by atomic mass is 32.1. The Balaban J connectivity index is 1.58. The maximum atomic E-state index is 11.8. The first kappa shape index (κ1) is 13.2. The highest BCUT2D eigenvalue weighted by Crippen LogP contribution is 2.22. The Morgan fingerprint density at radius 1 is 1.45 bits per heavy atom. The fraction of sp³-hybridized carbons (Fsp3) is 0.357. The molecule has 104 valence electrons. The summed E-state index contributed by atoms with van der Waals surface area (Å²) in [6.07, 6.45) is 3.06. The van der Waals surface area contributed by atoms with Crippen molar-refractivity contribution in [1.82, 2.24) is 15.3 Å². The van der Waals surface area contributed by atoms with E-state index in [1.165, 1.54) is 11.3 Å². The van der Waals surface area contributed by atoms with E-state index in [9.17, 15) is 9.90 Å². The molecule has 2 aromatic rings. The molecule has 0 spiro atoms. The zero-order chi connectivity index (χ0) is 13.9. The molecule has 6 heteroatoms. The lowest BCUT2D eigenvalue weighted by molar-refractivity contribution is -0.122. The van der Waals surface area contributed by atoms with E-state index in [0.29, 0.717) is 12.8 Å². The number of amides is 1. The molecule has 5 nitrogen and oxygen atoms in total. The van der Waals surface area contributed by atoms with Crippen LogP contribution < -0.4 is 5.32 Å². The Bertz CT molecular complexity index is 593. The third kappa shape index (κ3) is 3.02. The molecule has 1 saturated carbocycles. The van der Waals surface area contributed by atoms with Gasteiger partial charge in [0.2, 0.25) is 5.91 Å². The summed E-state index contributed by atoms with van der Waals surface area (Å²) < 4.78 is 0. The fourth-order valence-corrected chi connectivity index (χ4v) is 2.94. The van der Waals surface area contributed by atoms with E-state index >= 15 is 0 Å². The summed E-state index contributed by atoms with van der Waals surface area (Å²) in [6.45, 7) is 0. The second-order valence-corrected chi connectivity index (χ2v) is 5.78. The number of aliphatic hydroxyl groups excluding tert-OH is 1. The topological polar surface area (TPSA) is 75.1 Å². The van der Waals surface area contributed by atoms with Crippen molar-refractivity contribution in [3.05, 3.63) is 35.5 Å². The van der Waals surface area contributed by atoms with E-state index in [1.54, 1.807) is 6.20 Å². The number of thiazole rings is 1. The Hall–Kier alpha value is -1.79. The first-order valence-corrected chi connectivity index (χ1v) is 7.42. The summed E-state index contributed by atoms with van der Waals surface area (Å²) in [4.78, 5) is 20.5. The Morgan fingerprint density at radius 3 is 3.00 bits per heavy atom. The number of hydrogen-bond acceptors (Lipinski definition) is 5. The quantitative estimate of drug-likeness (QED) is 0.892. The number of aromatic nitrogens is 2. The minimum atomic E-state index is -0.254. The van der Waals surface area contributed by atoms with E-state index in [2.05, 4.69) is 15.3 Å². The van der Waals surface area contributed by atoms with Crippen molar-refractivity contribution in [1.29, 1.82) is 0 Å². The minimum absolute atomic E-state index is 0.0419. The van der Waals surface area contributed by atoms with Gasteiger partial charge in [-0.1, -0.05) is 6.07 Å². The van der Waals surface area contributed by atoms with Gasteiger partial charge in [0, 0.05) is 17.6 Å². The summed E-state index contributed by atoms with van der Waals surface area (Å²) in [6, 6.07) is 5.79. The smallest absolute Gasteiger partial charge is 0.226 e. The van der Waals surface area contributed by atoms with Crippen molar-refractivity contribution in [2.75, 3.05) is 0 Å². The molecule has 1 amide bonds. The second-order valence-electron chi connectivity index (χ2n) is 4.93. The van der Waals surface area contributed by atoms with Gasteiger partial charge in [-0.25, -0.2) is 4.98 Å². The molecule has 0 bridgehead atoms. The highest BCUT2D eigenvalue weighted by molar-refractivity contribution is 7.13. The summed E-state index contributed by atoms with van der Waals surface area (Å²) in [5.41, 5.74) is 1.58. The van der Waals surface area contributed by atoms with Crippen molar-refractivity contribution < 1.29 is 9.90 Å². The van der Waals surface area contributed by atoms with Crippen LogP contribution in [-0.2, 0) is 11.2 Å². The Labute approximate surface area is 120 Å². The van der Waals surface area contributed by atoms with E-state index in [0.717, 1.165) is 16.4 Å². The van der Waals surface area contributed by atoms with Gasteiger partial charge in [0.1, 0.15) is 5.01 Å². The van der Waals surface area contributed by atoms with Crippen LogP contribution in [-0.4, -0.2) is 33.1 Å². The van der Waals surface area contributed by atoms with Crippen LogP contribution in [0.3, 0.4) is 0 Å². The van der Waals surface area contributed by atoms with Crippen LogP contribution in [0.1, 0.15) is 18.5 Å². The standard InChI is InChI=1S/C14H15N3O2S/c18-11-5-9(6-11)16-13(19)7-10-8-20-14(17-10)12-3-1-2-4-15-12/h1-4,8-9,11,18H,5-7H2,(H,16,19). The third-order valence-corrected chi connectivity index (χ3v) is 4.17. The summed E-state index contributed by atoms with van der Waals surface area (Å²) in [5, 5.41) is 14.8. The lowest BCUT2D eigenvalue weighted by Gasteiger charge is -2.31. The molecule has 0 atom stereocenters. The first-order chi connectivity index (χ1) is 9.70. The molecule has 20 heavy (non-hydrogen) atoms. The molecule has 1 fully saturated rings. The van der Waals surface area contributed by atoms with Gasteiger partial charge in [0.05, 0.1) is 23.9 Å². The van der Waals surface area contributed by atoms with Gasteiger partial charge in [-0.2, -0.15) is 0 Å². The van der Waals surface area contributed by atoms with Crippen LogP contribution in [0.15, 0.2) is 29.8 Å². The molecule has 1 aliphatic carbocycles. The molecule has 0 unspecified atom stereocenters. The average molecular weight is 289 g/mol. The summed E-state index contributed by atoms with van der Waals surface area (Å²) in [5.74, 6) is -0.0419. The third-order valence-electron chi connectivity index (χ3n) is 3.26. The number of hydrogen-bond donors (Lipinski definition) is 2. The number of nitrogens with zero attached hydrogens (tertiary/aromatic N) is 2. The molecule has 0 aliphatic heterocycles. The van der Waals surface area contributed by atoms with Gasteiger partial charge in [0.25, 0.3) is 0 Å². The second kappa shape index (κ2) is 5.68. The van der Waals surface area contributed by atoms with E-state index < -0.39 is 0 Å². The normalized spacial score (nSPS) is 21.2. The predicted molar refractivity (Wildman–Crippen MR) is 76.2 cm³/mol. The first-order valence-electron chi connectivity index (χ1n) is 6.54. The number of nitrogens with one attached hydrogen (secondary N) is 1. The van der Waals surface area contributed by atoms with E-state index in [4.69, 9.17) is 0 Å². The zero-order valence-electron chi connectivity index (χ0n) is 10.8. The van der Waals surface area contributed by atoms with Crippen LogP contribution >= 0.6 is 11.3 Å². The highest BCUT2D eigenvalue weighted by Gasteiger charge is 2.28. The van der Waals surface area contributed by atoms with Gasteiger partial charge >= 0.3 is 0 Å². The molecule has 2 N–H and O–H groups in total. The molecule has 0 saturated heterocycles. The zero-order valence-corrected chi connectivity index (χ0v) is 11.6. The van der Waals surface area contributed by atoms with Crippen molar-refractivity contribution in [2.24, 2.45) is 0 Å². The molecule has 0 aromatic carbocycles. The maximum Gasteiger partial charge on any atom is 0.226 e. The summed E-state index contributed by atoms with van der Waals surface area (Å²) >= 11 is 1.49. The van der Waals surface area contributed by atoms with E-state index in [-0.39, 0.29) is 24.5 Å². The molecular formula is C14H15N3O2S. The molecule has 3 rings (SSSR count). The van der Waals surface area contributed by atoms with Crippen LogP contribution in [0.5, 0.6) is 0 Å². The monoisotopic (exact) mass is 289 g/mol. The maximum absolute atomic E-state index is 11.8. The van der Waals surface area contributed by atoms with Gasteiger partial charge in [-0.05, 0) is 25.0 Å². The number of carbonyl (C=O) groups is 1. The van der Waals surface area contributed by atoms with Crippen LogP contribution in [0.25, 0.3) is 10.7 Å². The molecular weight excluding hydrogens is 274 g/mol. The van der Waals surface area contributed by atoms with Crippen molar-refractivity contribution >= 4 is 17.2 Å². The van der Waals surface area contributed by atoms with Crippen LogP contribution in [0.4, 0.5) is 0 Å². The van der Waals surface area contributed by atoms with Gasteiger partial charge in [-0.3, -0.25) is 9.78 Å². The Morgan fingerprint density at radius 2 is 2.30 bits per heavy atom. The van der Waals surface area contributed by atoms with Crippen molar-refractivity contribution in [3.63, 3.8) is 0 Å². The average Bonchev–Trinajstić information content (AvgIpc) is 2.86. The number of rotatable bonds is 4. The molecule has 1 aliphatic rings. The van der Waals surface area contributed by atoms with Gasteiger partial charge in [0.15, 0.2) is 0 Å². The van der Waals surface area contributed by atoms with Crippen LogP contribution in [0, 0.1) is 0 Å². The molecule has 2 heterocycles. The minimum Gasteiger partial charge on any atom is -0.393 e. The number of pyridine rings is 1. The van der Waals surface area contributed by atoms with Crippen molar-refractivity contribution in [2.45, 2.75) is 31.4 Å². The lowest BCUT2D eigenvalue weighted by atomic mass is 9.89. The lowest BCUT2D eigenvalue weighted by Crippen LogP contribution is -2.47. The van der Waals surface area contributed by atoms with Crippen LogP contribution in [0.2, 0.25) is 0 Å². The largest absolute Gasteiger partial charge is 0.393 e. The fourth-order valence-electron chi connectivity index (χ4n) is 2.14. The van der Waals surface area contributed by atoms with Crippen molar-refractivity contribution in [3.8, 4) is 10.7 Å². The van der Waals surface area contributed by atoms with E-state index in [1.807, 2.05) is 23.6 Å².